The van der Waals surface area contributed by atoms with Gasteiger partial charge in [0.2, 0.25) is 5.95 Å². The molecule has 0 aliphatic rings. The van der Waals surface area contributed by atoms with Gasteiger partial charge in [-0.25, -0.2) is 13.8 Å². The molecule has 0 fully saturated rings. The molecule has 0 amide bonds. The number of H-pyrrole nitrogens is 1. The van der Waals surface area contributed by atoms with Gasteiger partial charge in [0.15, 0.2) is 0 Å². The molecule has 0 aliphatic heterocycles. The summed E-state index contributed by atoms with van der Waals surface area (Å²) in [6, 6.07) is 10.2. The van der Waals surface area contributed by atoms with Gasteiger partial charge in [0, 0.05) is 23.1 Å². The second kappa shape index (κ2) is 7.03. The highest BCUT2D eigenvalue weighted by Gasteiger charge is 2.11. The van der Waals surface area contributed by atoms with Crippen molar-refractivity contribution in [2.45, 2.75) is 13.3 Å². The van der Waals surface area contributed by atoms with Crippen LogP contribution in [0.4, 0.5) is 20.4 Å². The van der Waals surface area contributed by atoms with Gasteiger partial charge in [-0.2, -0.15) is 0 Å². The Morgan fingerprint density at radius 2 is 1.88 bits per heavy atom. The van der Waals surface area contributed by atoms with E-state index < -0.39 is 11.6 Å². The molecule has 0 bridgehead atoms. The van der Waals surface area contributed by atoms with Crippen LogP contribution < -0.4 is 10.9 Å². The lowest BCUT2D eigenvalue weighted by molar-refractivity contribution is 0.603. The van der Waals surface area contributed by atoms with Crippen molar-refractivity contribution in [3.63, 3.8) is 0 Å². The molecular formula is C18H14ClF2N3O. The topological polar surface area (TPSA) is 57.8 Å². The van der Waals surface area contributed by atoms with Gasteiger partial charge in [-0.3, -0.25) is 9.78 Å². The van der Waals surface area contributed by atoms with E-state index in [1.54, 1.807) is 19.1 Å². The Bertz CT molecular complexity index is 971. The maximum atomic E-state index is 13.7. The second-order valence-corrected chi connectivity index (χ2v) is 5.97. The van der Waals surface area contributed by atoms with Crippen LogP contribution in [0, 0.1) is 18.6 Å². The summed E-state index contributed by atoms with van der Waals surface area (Å²) in [6.07, 6.45) is 0.389. The standard InChI is InChI=1S/C18H14ClF2N3O/c1-10-14(8-11-2-4-12(19)5-3-11)17(25)24-18(22-10)23-16-9-13(20)6-7-15(16)21/h2-7,9H,8H2,1H3,(H2,22,23,24,25). The molecule has 0 saturated heterocycles. The molecule has 0 saturated carbocycles. The molecular weight excluding hydrogens is 348 g/mol. The number of rotatable bonds is 4. The number of aromatic amines is 1. The number of halogens is 3. The predicted octanol–water partition coefficient (Wildman–Crippen LogP) is 4.34. The Morgan fingerprint density at radius 1 is 1.16 bits per heavy atom. The van der Waals surface area contributed by atoms with Gasteiger partial charge in [0.05, 0.1) is 11.4 Å². The Kier molecular flexibility index (Phi) is 4.81. The lowest BCUT2D eigenvalue weighted by Crippen LogP contribution is -2.18. The van der Waals surface area contributed by atoms with E-state index in [1.165, 1.54) is 0 Å². The van der Waals surface area contributed by atoms with Gasteiger partial charge in [0.1, 0.15) is 11.6 Å². The van der Waals surface area contributed by atoms with E-state index in [2.05, 4.69) is 15.3 Å². The highest BCUT2D eigenvalue weighted by molar-refractivity contribution is 6.30. The van der Waals surface area contributed by atoms with Crippen molar-refractivity contribution >= 4 is 23.2 Å². The van der Waals surface area contributed by atoms with E-state index in [0.29, 0.717) is 22.7 Å². The first-order valence-electron chi connectivity index (χ1n) is 7.48. The van der Waals surface area contributed by atoms with Gasteiger partial charge < -0.3 is 5.32 Å². The highest BCUT2D eigenvalue weighted by Crippen LogP contribution is 2.19. The van der Waals surface area contributed by atoms with Gasteiger partial charge in [-0.1, -0.05) is 23.7 Å². The average molecular weight is 362 g/mol. The third-order valence-corrected chi connectivity index (χ3v) is 3.95. The fraction of sp³-hybridized carbons (Fsp3) is 0.111. The minimum Gasteiger partial charge on any atom is -0.323 e. The number of nitrogens with zero attached hydrogens (tertiary/aromatic N) is 1. The fourth-order valence-corrected chi connectivity index (χ4v) is 2.53. The van der Waals surface area contributed by atoms with Gasteiger partial charge in [-0.15, -0.1) is 0 Å². The van der Waals surface area contributed by atoms with E-state index in [-0.39, 0.29) is 17.2 Å². The van der Waals surface area contributed by atoms with E-state index in [1.807, 2.05) is 12.1 Å². The van der Waals surface area contributed by atoms with E-state index >= 15 is 0 Å². The molecule has 0 unspecified atom stereocenters. The first-order chi connectivity index (χ1) is 11.9. The predicted molar refractivity (Wildman–Crippen MR) is 93.5 cm³/mol. The fourth-order valence-electron chi connectivity index (χ4n) is 2.41. The average Bonchev–Trinajstić information content (AvgIpc) is 2.56. The summed E-state index contributed by atoms with van der Waals surface area (Å²) in [7, 11) is 0. The number of aromatic nitrogens is 2. The smallest absolute Gasteiger partial charge is 0.256 e. The highest BCUT2D eigenvalue weighted by atomic mass is 35.5. The monoisotopic (exact) mass is 361 g/mol. The number of hydrogen-bond donors (Lipinski definition) is 2. The minimum atomic E-state index is -0.646. The van der Waals surface area contributed by atoms with Crippen LogP contribution in [0.15, 0.2) is 47.3 Å². The molecule has 0 atom stereocenters. The van der Waals surface area contributed by atoms with Crippen LogP contribution in [-0.2, 0) is 6.42 Å². The molecule has 0 radical (unpaired) electrons. The molecule has 1 aromatic heterocycles. The third-order valence-electron chi connectivity index (χ3n) is 3.70. The van der Waals surface area contributed by atoms with Crippen LogP contribution in [0.25, 0.3) is 0 Å². The summed E-state index contributed by atoms with van der Waals surface area (Å²) < 4.78 is 26.9. The maximum absolute atomic E-state index is 13.7. The van der Waals surface area contributed by atoms with Crippen LogP contribution in [0.3, 0.4) is 0 Å². The third kappa shape index (κ3) is 4.03. The Morgan fingerprint density at radius 3 is 2.56 bits per heavy atom. The molecule has 4 nitrogen and oxygen atoms in total. The van der Waals surface area contributed by atoms with Crippen molar-refractivity contribution < 1.29 is 8.78 Å². The van der Waals surface area contributed by atoms with Crippen molar-refractivity contribution in [3.8, 4) is 0 Å². The molecule has 25 heavy (non-hydrogen) atoms. The molecule has 2 N–H and O–H groups in total. The number of aryl methyl sites for hydroxylation is 1. The lowest BCUT2D eigenvalue weighted by Gasteiger charge is -2.10. The van der Waals surface area contributed by atoms with Crippen molar-refractivity contribution in [1.29, 1.82) is 0 Å². The zero-order valence-electron chi connectivity index (χ0n) is 13.2. The summed E-state index contributed by atoms with van der Waals surface area (Å²) in [5, 5.41) is 3.21. The summed E-state index contributed by atoms with van der Waals surface area (Å²) in [5.74, 6) is -1.19. The molecule has 128 valence electrons. The molecule has 7 heteroatoms. The van der Waals surface area contributed by atoms with Crippen LogP contribution >= 0.6 is 11.6 Å². The first-order valence-corrected chi connectivity index (χ1v) is 7.86. The number of hydrogen-bond acceptors (Lipinski definition) is 3. The van der Waals surface area contributed by atoms with Crippen LogP contribution in [0.1, 0.15) is 16.8 Å². The quantitative estimate of drug-likeness (QED) is 0.726. The van der Waals surface area contributed by atoms with Gasteiger partial charge in [0.25, 0.3) is 5.56 Å². The molecule has 3 aromatic rings. The summed E-state index contributed by atoms with van der Waals surface area (Å²) >= 11 is 5.85. The molecule has 0 aliphatic carbocycles. The minimum absolute atomic E-state index is 0.0480. The zero-order chi connectivity index (χ0) is 18.0. The normalized spacial score (nSPS) is 10.7. The number of anilines is 2. The van der Waals surface area contributed by atoms with Gasteiger partial charge >= 0.3 is 0 Å². The van der Waals surface area contributed by atoms with E-state index in [0.717, 1.165) is 23.8 Å². The van der Waals surface area contributed by atoms with E-state index in [9.17, 15) is 13.6 Å². The maximum Gasteiger partial charge on any atom is 0.256 e. The molecule has 0 spiro atoms. The van der Waals surface area contributed by atoms with Gasteiger partial charge in [-0.05, 0) is 36.8 Å². The molecule has 2 aromatic carbocycles. The van der Waals surface area contributed by atoms with Crippen LogP contribution in [-0.4, -0.2) is 9.97 Å². The lowest BCUT2D eigenvalue weighted by atomic mass is 10.1. The van der Waals surface area contributed by atoms with Crippen molar-refractivity contribution in [3.05, 3.63) is 86.3 Å². The number of nitrogens with one attached hydrogen (secondary N) is 2. The van der Waals surface area contributed by atoms with Crippen LogP contribution in [0.5, 0.6) is 0 Å². The summed E-state index contributed by atoms with van der Waals surface area (Å²) in [4.78, 5) is 19.1. The zero-order valence-corrected chi connectivity index (χ0v) is 14.0. The first kappa shape index (κ1) is 17.1. The number of benzene rings is 2. The van der Waals surface area contributed by atoms with Crippen molar-refractivity contribution in [2.24, 2.45) is 0 Å². The summed E-state index contributed by atoms with van der Waals surface area (Å²) in [5.41, 5.74) is 1.46. The largest absolute Gasteiger partial charge is 0.323 e. The van der Waals surface area contributed by atoms with Crippen molar-refractivity contribution in [2.75, 3.05) is 5.32 Å². The Balaban J connectivity index is 1.88. The molecule has 3 rings (SSSR count). The Labute approximate surface area is 147 Å². The Hall–Kier alpha value is -2.73. The molecule has 1 heterocycles. The van der Waals surface area contributed by atoms with E-state index in [4.69, 9.17) is 11.6 Å². The SMILES string of the molecule is Cc1nc(Nc2cc(F)ccc2F)[nH]c(=O)c1Cc1ccc(Cl)cc1. The van der Waals surface area contributed by atoms with Crippen LogP contribution in [0.2, 0.25) is 5.02 Å². The van der Waals surface area contributed by atoms with Crippen molar-refractivity contribution in [1.82, 2.24) is 9.97 Å². The summed E-state index contributed by atoms with van der Waals surface area (Å²) in [6.45, 7) is 1.69. The second-order valence-electron chi connectivity index (χ2n) is 5.53.